The standard InChI is InChI=1S/C19H22N2O3/c1-4-12-21(2)17-10-8-14(9-11-17)18(22)20-16-7-5-6-15(13-16)19(23)24-3/h5-11,13H,4,12H2,1-3H3,(H,20,22). The molecule has 2 aromatic rings. The van der Waals surface area contributed by atoms with E-state index in [-0.39, 0.29) is 5.91 Å². The number of esters is 1. The first-order valence-electron chi connectivity index (χ1n) is 7.86. The van der Waals surface area contributed by atoms with Crippen LogP contribution >= 0.6 is 0 Å². The first kappa shape index (κ1) is 17.5. The summed E-state index contributed by atoms with van der Waals surface area (Å²) in [5, 5.41) is 2.79. The van der Waals surface area contributed by atoms with Crippen LogP contribution < -0.4 is 10.2 Å². The Labute approximate surface area is 142 Å². The van der Waals surface area contributed by atoms with Gasteiger partial charge in [0, 0.05) is 30.5 Å². The maximum absolute atomic E-state index is 12.3. The molecule has 0 saturated heterocycles. The monoisotopic (exact) mass is 326 g/mol. The van der Waals surface area contributed by atoms with Crippen molar-refractivity contribution < 1.29 is 14.3 Å². The van der Waals surface area contributed by atoms with Crippen molar-refractivity contribution in [3.05, 3.63) is 59.7 Å². The minimum absolute atomic E-state index is 0.221. The predicted octanol–water partition coefficient (Wildman–Crippen LogP) is 3.57. The zero-order valence-corrected chi connectivity index (χ0v) is 14.2. The van der Waals surface area contributed by atoms with E-state index in [1.807, 2.05) is 19.2 Å². The molecule has 2 aromatic carbocycles. The van der Waals surface area contributed by atoms with E-state index in [1.165, 1.54) is 7.11 Å². The van der Waals surface area contributed by atoms with Crippen LogP contribution in [0.1, 0.15) is 34.1 Å². The zero-order chi connectivity index (χ0) is 17.5. The van der Waals surface area contributed by atoms with Crippen molar-refractivity contribution in [2.45, 2.75) is 13.3 Å². The van der Waals surface area contributed by atoms with Gasteiger partial charge in [-0.05, 0) is 48.9 Å². The van der Waals surface area contributed by atoms with Gasteiger partial charge >= 0.3 is 5.97 Å². The molecular weight excluding hydrogens is 304 g/mol. The number of benzene rings is 2. The molecule has 1 N–H and O–H groups in total. The first-order valence-corrected chi connectivity index (χ1v) is 7.86. The number of hydrogen-bond acceptors (Lipinski definition) is 4. The van der Waals surface area contributed by atoms with E-state index in [2.05, 4.69) is 21.9 Å². The number of amides is 1. The number of carbonyl (C=O) groups excluding carboxylic acids is 2. The van der Waals surface area contributed by atoms with E-state index in [1.54, 1.807) is 36.4 Å². The first-order chi connectivity index (χ1) is 11.5. The Kier molecular flexibility index (Phi) is 5.95. The second-order valence-corrected chi connectivity index (χ2v) is 5.49. The Hall–Kier alpha value is -2.82. The summed E-state index contributed by atoms with van der Waals surface area (Å²) in [4.78, 5) is 26.0. The molecule has 0 atom stereocenters. The van der Waals surface area contributed by atoms with Crippen molar-refractivity contribution in [2.24, 2.45) is 0 Å². The molecule has 2 rings (SSSR count). The molecule has 0 aromatic heterocycles. The topological polar surface area (TPSA) is 58.6 Å². The van der Waals surface area contributed by atoms with Crippen molar-refractivity contribution in [3.8, 4) is 0 Å². The van der Waals surface area contributed by atoms with Crippen molar-refractivity contribution in [1.29, 1.82) is 0 Å². The van der Waals surface area contributed by atoms with Crippen molar-refractivity contribution in [3.63, 3.8) is 0 Å². The Morgan fingerprint density at radius 3 is 2.42 bits per heavy atom. The van der Waals surface area contributed by atoms with Crippen LogP contribution in [0.15, 0.2) is 48.5 Å². The van der Waals surface area contributed by atoms with Crippen molar-refractivity contribution in [1.82, 2.24) is 0 Å². The average molecular weight is 326 g/mol. The van der Waals surface area contributed by atoms with Gasteiger partial charge in [-0.2, -0.15) is 0 Å². The van der Waals surface area contributed by atoms with E-state index in [0.29, 0.717) is 16.8 Å². The molecule has 0 bridgehead atoms. The highest BCUT2D eigenvalue weighted by molar-refractivity contribution is 6.05. The van der Waals surface area contributed by atoms with Crippen LogP contribution in [0.4, 0.5) is 11.4 Å². The van der Waals surface area contributed by atoms with Gasteiger partial charge in [0.1, 0.15) is 0 Å². The molecule has 24 heavy (non-hydrogen) atoms. The summed E-state index contributed by atoms with van der Waals surface area (Å²) in [7, 11) is 3.35. The lowest BCUT2D eigenvalue weighted by atomic mass is 10.1. The molecule has 0 heterocycles. The highest BCUT2D eigenvalue weighted by atomic mass is 16.5. The summed E-state index contributed by atoms with van der Waals surface area (Å²) in [6, 6.07) is 14.1. The summed E-state index contributed by atoms with van der Waals surface area (Å²) >= 11 is 0. The third kappa shape index (κ3) is 4.35. The summed E-state index contributed by atoms with van der Waals surface area (Å²) < 4.78 is 4.68. The van der Waals surface area contributed by atoms with Gasteiger partial charge in [-0.15, -0.1) is 0 Å². The quantitative estimate of drug-likeness (QED) is 0.825. The minimum atomic E-state index is -0.436. The maximum atomic E-state index is 12.3. The average Bonchev–Trinajstić information content (AvgIpc) is 2.61. The van der Waals surface area contributed by atoms with E-state index in [0.717, 1.165) is 18.7 Å². The number of nitrogens with one attached hydrogen (secondary N) is 1. The number of carbonyl (C=O) groups is 2. The SMILES string of the molecule is CCCN(C)c1ccc(C(=O)Nc2cccc(C(=O)OC)c2)cc1. The summed E-state index contributed by atoms with van der Waals surface area (Å²) in [5.74, 6) is -0.656. The van der Waals surface area contributed by atoms with E-state index < -0.39 is 5.97 Å². The highest BCUT2D eigenvalue weighted by Crippen LogP contribution is 2.16. The molecule has 0 unspecified atom stereocenters. The fourth-order valence-electron chi connectivity index (χ4n) is 2.38. The van der Waals surface area contributed by atoms with E-state index in [9.17, 15) is 9.59 Å². The molecule has 0 fully saturated rings. The molecule has 1 amide bonds. The van der Waals surface area contributed by atoms with Gasteiger partial charge < -0.3 is 15.0 Å². The van der Waals surface area contributed by atoms with Gasteiger partial charge in [-0.3, -0.25) is 4.79 Å². The molecule has 0 radical (unpaired) electrons. The molecule has 5 nitrogen and oxygen atoms in total. The molecule has 5 heteroatoms. The van der Waals surface area contributed by atoms with Crippen molar-refractivity contribution >= 4 is 23.3 Å². The highest BCUT2D eigenvalue weighted by Gasteiger charge is 2.10. The third-order valence-electron chi connectivity index (χ3n) is 3.67. The number of nitrogens with zero attached hydrogens (tertiary/aromatic N) is 1. The number of anilines is 2. The normalized spacial score (nSPS) is 10.1. The summed E-state index contributed by atoms with van der Waals surface area (Å²) in [6.45, 7) is 3.09. The summed E-state index contributed by atoms with van der Waals surface area (Å²) in [5.41, 5.74) is 2.58. The number of methoxy groups -OCH3 is 1. The van der Waals surface area contributed by atoms with Gasteiger partial charge in [0.2, 0.25) is 0 Å². The van der Waals surface area contributed by atoms with Crippen LogP contribution in [0.2, 0.25) is 0 Å². The predicted molar refractivity (Wildman–Crippen MR) is 95.7 cm³/mol. The smallest absolute Gasteiger partial charge is 0.337 e. The van der Waals surface area contributed by atoms with Gasteiger partial charge in [0.15, 0.2) is 0 Å². The number of hydrogen-bond donors (Lipinski definition) is 1. The van der Waals surface area contributed by atoms with Crippen LogP contribution in [-0.2, 0) is 4.74 Å². The second-order valence-electron chi connectivity index (χ2n) is 5.49. The maximum Gasteiger partial charge on any atom is 0.337 e. The van der Waals surface area contributed by atoms with Crippen molar-refractivity contribution in [2.75, 3.05) is 30.9 Å². The number of rotatable bonds is 6. The Morgan fingerprint density at radius 2 is 1.79 bits per heavy atom. The molecule has 126 valence electrons. The zero-order valence-electron chi connectivity index (χ0n) is 14.2. The van der Waals surface area contributed by atoms with Crippen LogP contribution in [0.5, 0.6) is 0 Å². The van der Waals surface area contributed by atoms with E-state index >= 15 is 0 Å². The van der Waals surface area contributed by atoms with Gasteiger partial charge in [-0.25, -0.2) is 4.79 Å². The Balaban J connectivity index is 2.08. The molecule has 0 aliphatic heterocycles. The lowest BCUT2D eigenvalue weighted by Gasteiger charge is -2.18. The molecule has 0 aliphatic rings. The fourth-order valence-corrected chi connectivity index (χ4v) is 2.38. The second kappa shape index (κ2) is 8.15. The third-order valence-corrected chi connectivity index (χ3v) is 3.67. The molecular formula is C19H22N2O3. The van der Waals surface area contributed by atoms with Gasteiger partial charge in [0.05, 0.1) is 12.7 Å². The largest absolute Gasteiger partial charge is 0.465 e. The van der Waals surface area contributed by atoms with E-state index in [4.69, 9.17) is 0 Å². The van der Waals surface area contributed by atoms with Crippen LogP contribution in [0.3, 0.4) is 0 Å². The number of ether oxygens (including phenoxy) is 1. The lowest BCUT2D eigenvalue weighted by molar-refractivity contribution is 0.0600. The van der Waals surface area contributed by atoms with Crippen LogP contribution in [0.25, 0.3) is 0 Å². The minimum Gasteiger partial charge on any atom is -0.465 e. The molecule has 0 spiro atoms. The Bertz CT molecular complexity index is 711. The summed E-state index contributed by atoms with van der Waals surface area (Å²) in [6.07, 6.45) is 1.06. The van der Waals surface area contributed by atoms with Gasteiger partial charge in [-0.1, -0.05) is 13.0 Å². The molecule has 0 saturated carbocycles. The van der Waals surface area contributed by atoms with Gasteiger partial charge in [0.25, 0.3) is 5.91 Å². The van der Waals surface area contributed by atoms with Crippen LogP contribution in [0, 0.1) is 0 Å². The van der Waals surface area contributed by atoms with Crippen LogP contribution in [-0.4, -0.2) is 32.6 Å². The lowest BCUT2D eigenvalue weighted by Crippen LogP contribution is -2.18. The fraction of sp³-hybridized carbons (Fsp3) is 0.263. The molecule has 0 aliphatic carbocycles. The Morgan fingerprint density at radius 1 is 1.08 bits per heavy atom.